The third-order valence-electron chi connectivity index (χ3n) is 1.41. The summed E-state index contributed by atoms with van der Waals surface area (Å²) in [5.41, 5.74) is -0.307. The van der Waals surface area contributed by atoms with Crippen LogP contribution in [0.3, 0.4) is 0 Å². The number of aromatic nitrogens is 2. The van der Waals surface area contributed by atoms with Gasteiger partial charge in [-0.3, -0.25) is 14.4 Å². The molecule has 74 valence electrons. The molecule has 0 radical (unpaired) electrons. The monoisotopic (exact) mass is 195 g/mol. The van der Waals surface area contributed by atoms with Gasteiger partial charge in [0.05, 0.1) is 6.54 Å². The van der Waals surface area contributed by atoms with Gasteiger partial charge < -0.3 is 5.32 Å². The van der Waals surface area contributed by atoms with Gasteiger partial charge in [-0.05, 0) is 13.0 Å². The summed E-state index contributed by atoms with van der Waals surface area (Å²) in [7, 11) is 0. The fourth-order valence-corrected chi connectivity index (χ4v) is 0.766. The molecule has 14 heavy (non-hydrogen) atoms. The number of carbonyl (C=O) groups excluding carboxylic acids is 2. The molecule has 0 aliphatic carbocycles. The predicted molar refractivity (Wildman–Crippen MR) is 47.9 cm³/mol. The van der Waals surface area contributed by atoms with E-state index in [2.05, 4.69) is 15.5 Å². The number of nitrogens with zero attached hydrogens (tertiary/aromatic N) is 1. The molecule has 0 saturated heterocycles. The molecule has 1 heterocycles. The average Bonchev–Trinajstić information content (AvgIpc) is 2.15. The van der Waals surface area contributed by atoms with Crippen molar-refractivity contribution in [1.82, 2.24) is 15.5 Å². The number of aromatic amines is 1. The molecule has 2 N–H and O–H groups in total. The van der Waals surface area contributed by atoms with Crippen LogP contribution in [0, 0.1) is 0 Å². The molecule has 0 spiro atoms. The van der Waals surface area contributed by atoms with Gasteiger partial charge in [-0.25, -0.2) is 5.10 Å². The maximum absolute atomic E-state index is 11.2. The minimum atomic E-state index is -0.489. The van der Waals surface area contributed by atoms with Crippen molar-refractivity contribution in [1.29, 1.82) is 0 Å². The van der Waals surface area contributed by atoms with E-state index < -0.39 is 5.91 Å². The maximum Gasteiger partial charge on any atom is 0.272 e. The van der Waals surface area contributed by atoms with Crippen LogP contribution in [-0.2, 0) is 4.79 Å². The van der Waals surface area contributed by atoms with Crippen molar-refractivity contribution in [2.75, 3.05) is 6.54 Å². The highest BCUT2D eigenvalue weighted by Crippen LogP contribution is 1.87. The molecule has 0 fully saturated rings. The minimum absolute atomic E-state index is 0.0420. The average molecular weight is 195 g/mol. The fourth-order valence-electron chi connectivity index (χ4n) is 0.766. The number of carbonyl (C=O) groups is 2. The van der Waals surface area contributed by atoms with Gasteiger partial charge in [0.25, 0.3) is 11.5 Å². The highest BCUT2D eigenvalue weighted by molar-refractivity contribution is 5.94. The van der Waals surface area contributed by atoms with Crippen molar-refractivity contribution >= 4 is 11.7 Å². The Morgan fingerprint density at radius 1 is 1.50 bits per heavy atom. The van der Waals surface area contributed by atoms with Crippen molar-refractivity contribution < 1.29 is 9.59 Å². The number of amides is 1. The number of hydrogen-bond acceptors (Lipinski definition) is 4. The summed E-state index contributed by atoms with van der Waals surface area (Å²) in [5, 5.41) is 7.96. The summed E-state index contributed by atoms with van der Waals surface area (Å²) >= 11 is 0. The lowest BCUT2D eigenvalue weighted by Crippen LogP contribution is -2.29. The van der Waals surface area contributed by atoms with E-state index in [1.54, 1.807) is 0 Å². The molecule has 1 aromatic rings. The van der Waals surface area contributed by atoms with Gasteiger partial charge in [0.1, 0.15) is 11.5 Å². The Kier molecular flexibility index (Phi) is 3.11. The molecular weight excluding hydrogens is 186 g/mol. The zero-order valence-corrected chi connectivity index (χ0v) is 7.53. The largest absolute Gasteiger partial charge is 0.344 e. The van der Waals surface area contributed by atoms with Crippen molar-refractivity contribution in [3.63, 3.8) is 0 Å². The Hall–Kier alpha value is -1.98. The van der Waals surface area contributed by atoms with E-state index in [1.165, 1.54) is 19.1 Å². The standard InChI is InChI=1S/C8H9N3O3/c1-5(12)4-9-8(14)6-2-3-7(13)11-10-6/h2-3H,4H2,1H3,(H,9,14)(H,11,13). The lowest BCUT2D eigenvalue weighted by Gasteiger charge is -2.00. The number of ketones is 1. The lowest BCUT2D eigenvalue weighted by atomic mass is 10.3. The number of H-pyrrole nitrogens is 1. The van der Waals surface area contributed by atoms with E-state index in [0.29, 0.717) is 0 Å². The van der Waals surface area contributed by atoms with Gasteiger partial charge in [-0.2, -0.15) is 5.10 Å². The van der Waals surface area contributed by atoms with Crippen molar-refractivity contribution in [2.24, 2.45) is 0 Å². The molecule has 6 nitrogen and oxygen atoms in total. The first kappa shape index (κ1) is 10.1. The molecule has 0 aromatic carbocycles. The number of hydrogen-bond donors (Lipinski definition) is 2. The third kappa shape index (κ3) is 2.81. The van der Waals surface area contributed by atoms with Crippen LogP contribution in [0.2, 0.25) is 0 Å². The minimum Gasteiger partial charge on any atom is -0.344 e. The Morgan fingerprint density at radius 2 is 2.21 bits per heavy atom. The second-order valence-corrected chi connectivity index (χ2v) is 2.69. The molecule has 0 saturated carbocycles. The van der Waals surface area contributed by atoms with Crippen LogP contribution in [-0.4, -0.2) is 28.4 Å². The van der Waals surface area contributed by atoms with Crippen LogP contribution in [0.4, 0.5) is 0 Å². The third-order valence-corrected chi connectivity index (χ3v) is 1.41. The van der Waals surface area contributed by atoms with Crippen LogP contribution in [0.1, 0.15) is 17.4 Å². The van der Waals surface area contributed by atoms with Gasteiger partial charge in [-0.15, -0.1) is 0 Å². The topological polar surface area (TPSA) is 91.9 Å². The molecule has 1 rings (SSSR count). The molecule has 1 aromatic heterocycles. The second kappa shape index (κ2) is 4.31. The molecule has 0 bridgehead atoms. The fraction of sp³-hybridized carbons (Fsp3) is 0.250. The Bertz CT molecular complexity index is 390. The molecule has 0 unspecified atom stereocenters. The highest BCUT2D eigenvalue weighted by Gasteiger charge is 2.06. The Balaban J connectivity index is 2.65. The number of rotatable bonds is 3. The molecular formula is C8H9N3O3. The Morgan fingerprint density at radius 3 is 2.71 bits per heavy atom. The molecule has 6 heteroatoms. The molecule has 0 aliphatic rings. The summed E-state index contributed by atoms with van der Waals surface area (Å²) in [4.78, 5) is 32.4. The summed E-state index contributed by atoms with van der Waals surface area (Å²) in [5.74, 6) is -0.640. The summed E-state index contributed by atoms with van der Waals surface area (Å²) in [6.07, 6.45) is 0. The van der Waals surface area contributed by atoms with Gasteiger partial charge in [0, 0.05) is 6.07 Å². The van der Waals surface area contributed by atoms with Crippen molar-refractivity contribution in [3.8, 4) is 0 Å². The summed E-state index contributed by atoms with van der Waals surface area (Å²) in [6.45, 7) is 1.32. The van der Waals surface area contributed by atoms with Crippen molar-refractivity contribution in [2.45, 2.75) is 6.92 Å². The van der Waals surface area contributed by atoms with E-state index in [0.717, 1.165) is 0 Å². The number of nitrogens with one attached hydrogen (secondary N) is 2. The Labute approximate surface area is 79.3 Å². The van der Waals surface area contributed by atoms with Gasteiger partial charge >= 0.3 is 0 Å². The number of Topliss-reactive ketones (excluding diaryl/α,β-unsaturated/α-hetero) is 1. The zero-order chi connectivity index (χ0) is 10.6. The van der Waals surface area contributed by atoms with E-state index in [9.17, 15) is 14.4 Å². The van der Waals surface area contributed by atoms with E-state index in [4.69, 9.17) is 0 Å². The summed E-state index contributed by atoms with van der Waals surface area (Å²) in [6, 6.07) is 2.48. The van der Waals surface area contributed by atoms with Gasteiger partial charge in [0.2, 0.25) is 0 Å². The van der Waals surface area contributed by atoms with Crippen molar-refractivity contribution in [3.05, 3.63) is 28.2 Å². The predicted octanol–water partition coefficient (Wildman–Crippen LogP) is -0.911. The van der Waals surface area contributed by atoms with Crippen LogP contribution in [0.25, 0.3) is 0 Å². The van der Waals surface area contributed by atoms with Crippen LogP contribution in [0.15, 0.2) is 16.9 Å². The van der Waals surface area contributed by atoms with Crippen LogP contribution < -0.4 is 10.9 Å². The van der Waals surface area contributed by atoms with E-state index in [1.807, 2.05) is 0 Å². The smallest absolute Gasteiger partial charge is 0.272 e. The second-order valence-electron chi connectivity index (χ2n) is 2.69. The van der Waals surface area contributed by atoms with E-state index in [-0.39, 0.29) is 23.6 Å². The van der Waals surface area contributed by atoms with Gasteiger partial charge in [-0.1, -0.05) is 0 Å². The molecule has 1 amide bonds. The maximum atomic E-state index is 11.2. The van der Waals surface area contributed by atoms with Gasteiger partial charge in [0.15, 0.2) is 0 Å². The molecule has 0 aliphatic heterocycles. The van der Waals surface area contributed by atoms with Crippen LogP contribution in [0.5, 0.6) is 0 Å². The highest BCUT2D eigenvalue weighted by atomic mass is 16.2. The normalized spacial score (nSPS) is 9.50. The zero-order valence-electron chi connectivity index (χ0n) is 7.53. The lowest BCUT2D eigenvalue weighted by molar-refractivity contribution is -0.116. The summed E-state index contributed by atoms with van der Waals surface area (Å²) < 4.78 is 0. The van der Waals surface area contributed by atoms with Crippen LogP contribution >= 0.6 is 0 Å². The first-order chi connectivity index (χ1) is 6.59. The SMILES string of the molecule is CC(=O)CNC(=O)c1ccc(=O)[nH]n1. The first-order valence-electron chi connectivity index (χ1n) is 3.93. The molecule has 0 atom stereocenters. The van der Waals surface area contributed by atoms with E-state index >= 15 is 0 Å². The quantitative estimate of drug-likeness (QED) is 0.653. The first-order valence-corrected chi connectivity index (χ1v) is 3.93.